The van der Waals surface area contributed by atoms with Crippen LogP contribution >= 0.6 is 11.3 Å². The summed E-state index contributed by atoms with van der Waals surface area (Å²) in [6.07, 6.45) is 1.98. The van der Waals surface area contributed by atoms with Crippen LogP contribution in [0.1, 0.15) is 12.0 Å². The molecule has 1 aliphatic heterocycles. The summed E-state index contributed by atoms with van der Waals surface area (Å²) in [6.45, 7) is 0.952. The van der Waals surface area contributed by atoms with E-state index in [9.17, 15) is 9.18 Å². The van der Waals surface area contributed by atoms with Crippen molar-refractivity contribution in [2.45, 2.75) is 12.8 Å². The number of anilines is 2. The number of aryl methyl sites for hydroxylation is 1. The van der Waals surface area contributed by atoms with Gasteiger partial charge in [0.1, 0.15) is 11.3 Å². The second-order valence-electron chi connectivity index (χ2n) is 6.22. The summed E-state index contributed by atoms with van der Waals surface area (Å²) in [7, 11) is 1.82. The topological polar surface area (TPSA) is 36.4 Å². The first-order chi connectivity index (χ1) is 12.1. The van der Waals surface area contributed by atoms with Gasteiger partial charge in [-0.15, -0.1) is 0 Å². The minimum atomic E-state index is -0.329. The highest BCUT2D eigenvalue weighted by molar-refractivity contribution is 7.22. The van der Waals surface area contributed by atoms with Gasteiger partial charge in [-0.1, -0.05) is 35.6 Å². The quantitative estimate of drug-likeness (QED) is 0.716. The molecule has 0 saturated carbocycles. The van der Waals surface area contributed by atoms with Gasteiger partial charge in [-0.2, -0.15) is 0 Å². The Hall–Kier alpha value is -2.47. The summed E-state index contributed by atoms with van der Waals surface area (Å²) in [5.41, 5.74) is 2.58. The van der Waals surface area contributed by atoms with Gasteiger partial charge in [0.05, 0.1) is 11.2 Å². The first-order valence-electron chi connectivity index (χ1n) is 8.28. The van der Waals surface area contributed by atoms with Gasteiger partial charge in [0, 0.05) is 19.3 Å². The maximum Gasteiger partial charge on any atom is 0.246 e. The van der Waals surface area contributed by atoms with Crippen LogP contribution in [0.25, 0.3) is 10.2 Å². The van der Waals surface area contributed by atoms with Gasteiger partial charge in [-0.3, -0.25) is 4.79 Å². The summed E-state index contributed by atoms with van der Waals surface area (Å²) >= 11 is 1.40. The molecule has 0 atom stereocenters. The van der Waals surface area contributed by atoms with Crippen molar-refractivity contribution in [1.82, 2.24) is 4.98 Å². The smallest absolute Gasteiger partial charge is 0.246 e. The van der Waals surface area contributed by atoms with E-state index in [1.165, 1.54) is 23.0 Å². The normalized spacial score (nSPS) is 13.8. The lowest BCUT2D eigenvalue weighted by Gasteiger charge is -2.30. The van der Waals surface area contributed by atoms with Crippen LogP contribution in [0.2, 0.25) is 0 Å². The predicted molar refractivity (Wildman–Crippen MR) is 100.0 cm³/mol. The number of para-hydroxylation sites is 2. The number of benzene rings is 2. The molecule has 1 aliphatic rings. The summed E-state index contributed by atoms with van der Waals surface area (Å²) in [6, 6.07) is 13.0. The number of amides is 1. The van der Waals surface area contributed by atoms with E-state index >= 15 is 0 Å². The van der Waals surface area contributed by atoms with E-state index in [2.05, 4.69) is 11.1 Å². The third-order valence-electron chi connectivity index (χ3n) is 4.47. The van der Waals surface area contributed by atoms with Crippen LogP contribution in [0.15, 0.2) is 42.5 Å². The number of likely N-dealkylation sites (N-methyl/N-ethyl adjacent to an activating group) is 1. The Labute approximate surface area is 149 Å². The lowest BCUT2D eigenvalue weighted by molar-refractivity contribution is -0.117. The molecule has 128 valence electrons. The average molecular weight is 355 g/mol. The zero-order valence-electron chi connectivity index (χ0n) is 13.9. The Kier molecular flexibility index (Phi) is 4.13. The van der Waals surface area contributed by atoms with E-state index in [-0.39, 0.29) is 18.3 Å². The highest BCUT2D eigenvalue weighted by Gasteiger charge is 2.24. The van der Waals surface area contributed by atoms with Gasteiger partial charge in [-0.25, -0.2) is 9.37 Å². The van der Waals surface area contributed by atoms with Crippen molar-refractivity contribution in [2.75, 3.05) is 29.9 Å². The molecule has 0 saturated heterocycles. The largest absolute Gasteiger partial charge is 0.342 e. The summed E-state index contributed by atoms with van der Waals surface area (Å²) in [5, 5.41) is 0.652. The minimum Gasteiger partial charge on any atom is -0.342 e. The fraction of sp³-hybridized carbons (Fsp3) is 0.263. The Balaban J connectivity index is 1.55. The third-order valence-corrected chi connectivity index (χ3v) is 5.60. The standard InChI is InChI=1S/C19H18FN3OS/c1-22(19-21-18-14(20)8-4-10-16(18)25-19)12-17(24)23-11-5-7-13-6-2-3-9-15(13)23/h2-4,6,8-10H,5,7,11-12H2,1H3. The molecule has 4 nitrogen and oxygen atoms in total. The van der Waals surface area contributed by atoms with E-state index in [0.717, 1.165) is 29.8 Å². The van der Waals surface area contributed by atoms with E-state index in [4.69, 9.17) is 0 Å². The van der Waals surface area contributed by atoms with Crippen LogP contribution in [-0.2, 0) is 11.2 Å². The lowest BCUT2D eigenvalue weighted by Crippen LogP contribution is -2.41. The van der Waals surface area contributed by atoms with Crippen LogP contribution in [0, 0.1) is 5.82 Å². The first-order valence-corrected chi connectivity index (χ1v) is 9.09. The molecular weight excluding hydrogens is 337 g/mol. The predicted octanol–water partition coefficient (Wildman–Crippen LogP) is 3.85. The third kappa shape index (κ3) is 2.98. The van der Waals surface area contributed by atoms with Crippen molar-refractivity contribution in [3.05, 3.63) is 53.8 Å². The summed E-state index contributed by atoms with van der Waals surface area (Å²) in [4.78, 5) is 20.8. The lowest BCUT2D eigenvalue weighted by atomic mass is 10.0. The minimum absolute atomic E-state index is 0.0365. The van der Waals surface area contributed by atoms with Gasteiger partial charge in [0.2, 0.25) is 5.91 Å². The number of nitrogens with zero attached hydrogens (tertiary/aromatic N) is 3. The molecule has 0 N–H and O–H groups in total. The number of carbonyl (C=O) groups is 1. The monoisotopic (exact) mass is 355 g/mol. The summed E-state index contributed by atoms with van der Waals surface area (Å²) < 4.78 is 14.6. The van der Waals surface area contributed by atoms with E-state index in [1.807, 2.05) is 36.2 Å². The highest BCUT2D eigenvalue weighted by Crippen LogP contribution is 2.30. The van der Waals surface area contributed by atoms with E-state index in [1.54, 1.807) is 11.0 Å². The fourth-order valence-electron chi connectivity index (χ4n) is 3.22. The van der Waals surface area contributed by atoms with E-state index < -0.39 is 0 Å². The molecule has 0 radical (unpaired) electrons. The number of halogens is 1. The SMILES string of the molecule is CN(CC(=O)N1CCCc2ccccc21)c1nc2c(F)cccc2s1. The van der Waals surface area contributed by atoms with Crippen molar-refractivity contribution in [1.29, 1.82) is 0 Å². The zero-order chi connectivity index (χ0) is 17.4. The molecule has 6 heteroatoms. The van der Waals surface area contributed by atoms with Gasteiger partial charge < -0.3 is 9.80 Å². The second kappa shape index (κ2) is 6.44. The Morgan fingerprint density at radius 2 is 2.12 bits per heavy atom. The molecule has 0 aliphatic carbocycles. The van der Waals surface area contributed by atoms with Crippen LogP contribution in [0.3, 0.4) is 0 Å². The molecule has 0 fully saturated rings. The molecule has 0 bridgehead atoms. The molecule has 4 rings (SSSR count). The number of hydrogen-bond donors (Lipinski definition) is 0. The molecule has 1 aromatic heterocycles. The van der Waals surface area contributed by atoms with Gasteiger partial charge >= 0.3 is 0 Å². The highest BCUT2D eigenvalue weighted by atomic mass is 32.1. The Morgan fingerprint density at radius 3 is 2.96 bits per heavy atom. The van der Waals surface area contributed by atoms with Crippen LogP contribution in [0.4, 0.5) is 15.2 Å². The van der Waals surface area contributed by atoms with Gasteiger partial charge in [0.15, 0.2) is 5.13 Å². The first kappa shape index (κ1) is 16.0. The fourth-order valence-corrected chi connectivity index (χ4v) is 4.16. The second-order valence-corrected chi connectivity index (χ2v) is 7.23. The Bertz CT molecular complexity index is 939. The molecule has 3 aromatic rings. The molecule has 25 heavy (non-hydrogen) atoms. The maximum atomic E-state index is 13.8. The number of thiazole rings is 1. The van der Waals surface area contributed by atoms with Crippen molar-refractivity contribution in [2.24, 2.45) is 0 Å². The average Bonchev–Trinajstić information content (AvgIpc) is 3.07. The van der Waals surface area contributed by atoms with Crippen molar-refractivity contribution in [3.8, 4) is 0 Å². The molecule has 2 aromatic carbocycles. The number of hydrogen-bond acceptors (Lipinski definition) is 4. The van der Waals surface area contributed by atoms with Gasteiger partial charge in [-0.05, 0) is 36.6 Å². The molecular formula is C19H18FN3OS. The van der Waals surface area contributed by atoms with E-state index in [0.29, 0.717) is 10.6 Å². The molecule has 0 spiro atoms. The zero-order valence-corrected chi connectivity index (χ0v) is 14.7. The van der Waals surface area contributed by atoms with Crippen LogP contribution in [0.5, 0.6) is 0 Å². The number of aromatic nitrogens is 1. The van der Waals surface area contributed by atoms with Crippen molar-refractivity contribution >= 4 is 38.3 Å². The molecule has 0 unspecified atom stereocenters. The number of carbonyl (C=O) groups excluding carboxylic acids is 1. The number of rotatable bonds is 3. The van der Waals surface area contributed by atoms with Crippen molar-refractivity contribution in [3.63, 3.8) is 0 Å². The molecule has 2 heterocycles. The summed E-state index contributed by atoms with van der Waals surface area (Å²) in [5.74, 6) is -0.293. The van der Waals surface area contributed by atoms with Gasteiger partial charge in [0.25, 0.3) is 0 Å². The maximum absolute atomic E-state index is 13.8. The Morgan fingerprint density at radius 1 is 1.28 bits per heavy atom. The molecule has 1 amide bonds. The van der Waals surface area contributed by atoms with Crippen LogP contribution in [-0.4, -0.2) is 31.0 Å². The number of fused-ring (bicyclic) bond motifs is 2. The van der Waals surface area contributed by atoms with Crippen molar-refractivity contribution < 1.29 is 9.18 Å². The van der Waals surface area contributed by atoms with Crippen LogP contribution < -0.4 is 9.80 Å².